The predicted molar refractivity (Wildman–Crippen MR) is 100 cm³/mol. The molecule has 0 aromatic heterocycles. The molecule has 10 heteroatoms. The molecule has 2 aromatic rings. The molecule has 1 N–H and O–H groups in total. The number of alkyl halides is 3. The Kier molecular flexibility index (Phi) is 5.95. The molecule has 1 saturated heterocycles. The molecule has 1 fully saturated rings. The van der Waals surface area contributed by atoms with Crippen molar-refractivity contribution in [2.24, 2.45) is 0 Å². The summed E-state index contributed by atoms with van der Waals surface area (Å²) in [6, 6.07) is 9.79. The van der Waals surface area contributed by atoms with E-state index in [4.69, 9.17) is 4.74 Å². The number of hydrogen-bond donors (Lipinski definition) is 1. The molecular weight excluding hydrogens is 405 g/mol. The highest BCUT2D eigenvalue weighted by molar-refractivity contribution is 6.23. The number of esters is 1. The van der Waals surface area contributed by atoms with E-state index in [1.807, 2.05) is 0 Å². The first-order chi connectivity index (χ1) is 14.2. The van der Waals surface area contributed by atoms with Crippen LogP contribution >= 0.6 is 0 Å². The lowest BCUT2D eigenvalue weighted by Gasteiger charge is -2.16. The van der Waals surface area contributed by atoms with Gasteiger partial charge in [0.1, 0.15) is 11.8 Å². The Bertz CT molecular complexity index is 942. The van der Waals surface area contributed by atoms with Crippen LogP contribution in [0, 0.1) is 0 Å². The van der Waals surface area contributed by atoms with E-state index in [9.17, 15) is 27.6 Å². The minimum absolute atomic E-state index is 0.126. The summed E-state index contributed by atoms with van der Waals surface area (Å²) in [6.45, 7) is 1.90. The molecule has 1 aliphatic rings. The van der Waals surface area contributed by atoms with Crippen LogP contribution in [-0.2, 0) is 14.3 Å². The molecule has 7 nitrogen and oxygen atoms in total. The number of anilines is 2. The van der Waals surface area contributed by atoms with E-state index < -0.39 is 35.9 Å². The first-order valence-corrected chi connectivity index (χ1v) is 8.94. The van der Waals surface area contributed by atoms with Crippen molar-refractivity contribution in [2.45, 2.75) is 25.7 Å². The third-order valence-corrected chi connectivity index (χ3v) is 4.21. The lowest BCUT2D eigenvalue weighted by atomic mass is 10.2. The maximum Gasteiger partial charge on any atom is 0.573 e. The third-order valence-electron chi connectivity index (χ3n) is 4.21. The van der Waals surface area contributed by atoms with Crippen LogP contribution < -0.4 is 15.0 Å². The number of ether oxygens (including phenoxy) is 2. The van der Waals surface area contributed by atoms with E-state index in [2.05, 4.69) is 10.1 Å². The van der Waals surface area contributed by atoms with Crippen molar-refractivity contribution in [2.75, 3.05) is 16.8 Å². The average Bonchev–Trinajstić information content (AvgIpc) is 2.96. The molecule has 0 saturated carbocycles. The van der Waals surface area contributed by atoms with Gasteiger partial charge in [0.2, 0.25) is 5.91 Å². The molecule has 0 bridgehead atoms. The van der Waals surface area contributed by atoms with E-state index in [1.54, 1.807) is 6.92 Å². The van der Waals surface area contributed by atoms with Gasteiger partial charge >= 0.3 is 12.3 Å². The summed E-state index contributed by atoms with van der Waals surface area (Å²) in [4.78, 5) is 37.7. The third kappa shape index (κ3) is 4.88. The number of hydrogen-bond acceptors (Lipinski definition) is 6. The molecular formula is C20H17F3N2O5. The number of benzene rings is 2. The second-order valence-corrected chi connectivity index (χ2v) is 6.31. The maximum absolute atomic E-state index is 12.7. The number of carbonyl (C=O) groups is 3. The van der Waals surface area contributed by atoms with Gasteiger partial charge in [-0.1, -0.05) is 0 Å². The van der Waals surface area contributed by atoms with Crippen LogP contribution in [-0.4, -0.2) is 36.8 Å². The summed E-state index contributed by atoms with van der Waals surface area (Å²) in [6.07, 6.45) is -4.93. The molecule has 3 rings (SSSR count). The molecule has 1 unspecified atom stereocenters. The number of rotatable bonds is 6. The SMILES string of the molecule is CCOC(=O)c1ccc(N2C(=O)CC(Nc3ccc(OC(F)(F)F)cc3)C2=O)cc1. The lowest BCUT2D eigenvalue weighted by Crippen LogP contribution is -2.34. The zero-order valence-corrected chi connectivity index (χ0v) is 15.7. The van der Waals surface area contributed by atoms with Crippen LogP contribution in [0.25, 0.3) is 0 Å². The van der Waals surface area contributed by atoms with Gasteiger partial charge < -0.3 is 14.8 Å². The number of nitrogens with zero attached hydrogens (tertiary/aromatic N) is 1. The minimum Gasteiger partial charge on any atom is -0.462 e. The fourth-order valence-electron chi connectivity index (χ4n) is 2.93. The minimum atomic E-state index is -4.80. The highest BCUT2D eigenvalue weighted by Gasteiger charge is 2.39. The van der Waals surface area contributed by atoms with Crippen LogP contribution in [0.15, 0.2) is 48.5 Å². The smallest absolute Gasteiger partial charge is 0.462 e. The summed E-state index contributed by atoms with van der Waals surface area (Å²) in [7, 11) is 0. The highest BCUT2D eigenvalue weighted by atomic mass is 19.4. The Morgan fingerprint density at radius 3 is 2.30 bits per heavy atom. The summed E-state index contributed by atoms with van der Waals surface area (Å²) in [5.41, 5.74) is 0.946. The van der Waals surface area contributed by atoms with Gasteiger partial charge in [0.15, 0.2) is 0 Å². The molecule has 158 valence electrons. The van der Waals surface area contributed by atoms with Crippen LogP contribution in [0.5, 0.6) is 5.75 Å². The molecule has 1 heterocycles. The molecule has 0 radical (unpaired) electrons. The predicted octanol–water partition coefficient (Wildman–Crippen LogP) is 3.51. The second-order valence-electron chi connectivity index (χ2n) is 6.31. The number of nitrogens with one attached hydrogen (secondary N) is 1. The highest BCUT2D eigenvalue weighted by Crippen LogP contribution is 2.27. The van der Waals surface area contributed by atoms with Gasteiger partial charge in [0.25, 0.3) is 5.91 Å². The van der Waals surface area contributed by atoms with Gasteiger partial charge in [-0.15, -0.1) is 13.2 Å². The van der Waals surface area contributed by atoms with Crippen molar-refractivity contribution in [3.8, 4) is 5.75 Å². The molecule has 30 heavy (non-hydrogen) atoms. The van der Waals surface area contributed by atoms with Gasteiger partial charge in [0.05, 0.1) is 24.3 Å². The first kappa shape index (κ1) is 21.2. The Morgan fingerprint density at radius 2 is 1.73 bits per heavy atom. The topological polar surface area (TPSA) is 84.9 Å². The van der Waals surface area contributed by atoms with Crippen molar-refractivity contribution >= 4 is 29.2 Å². The second kappa shape index (κ2) is 8.44. The molecule has 0 spiro atoms. The van der Waals surface area contributed by atoms with E-state index in [0.29, 0.717) is 11.4 Å². The van der Waals surface area contributed by atoms with E-state index >= 15 is 0 Å². The normalized spacial score (nSPS) is 16.5. The average molecular weight is 422 g/mol. The molecule has 0 aliphatic carbocycles. The Hall–Kier alpha value is -3.56. The van der Waals surface area contributed by atoms with E-state index in [0.717, 1.165) is 17.0 Å². The fraction of sp³-hybridized carbons (Fsp3) is 0.250. The zero-order chi connectivity index (χ0) is 21.9. The Morgan fingerprint density at radius 1 is 1.10 bits per heavy atom. The van der Waals surface area contributed by atoms with Crippen LogP contribution in [0.1, 0.15) is 23.7 Å². The number of halogens is 3. The van der Waals surface area contributed by atoms with Crippen LogP contribution in [0.4, 0.5) is 24.5 Å². The standard InChI is InChI=1S/C20H17F3N2O5/c1-2-29-19(28)12-3-7-14(8-4-12)25-17(26)11-16(18(25)27)24-13-5-9-15(10-6-13)30-20(21,22)23/h3-10,16,24H,2,11H2,1H3. The van der Waals surface area contributed by atoms with E-state index in [1.165, 1.54) is 36.4 Å². The number of carbonyl (C=O) groups excluding carboxylic acids is 3. The van der Waals surface area contributed by atoms with Crippen molar-refractivity contribution in [1.29, 1.82) is 0 Å². The molecule has 1 aliphatic heterocycles. The van der Waals surface area contributed by atoms with Crippen molar-refractivity contribution in [3.63, 3.8) is 0 Å². The van der Waals surface area contributed by atoms with Gasteiger partial charge in [0, 0.05) is 5.69 Å². The lowest BCUT2D eigenvalue weighted by molar-refractivity contribution is -0.274. The fourth-order valence-corrected chi connectivity index (χ4v) is 2.93. The summed E-state index contributed by atoms with van der Waals surface area (Å²) < 4.78 is 45.4. The number of imide groups is 1. The maximum atomic E-state index is 12.7. The van der Waals surface area contributed by atoms with Gasteiger partial charge in [-0.2, -0.15) is 0 Å². The summed E-state index contributed by atoms with van der Waals surface area (Å²) in [5, 5.41) is 2.83. The zero-order valence-electron chi connectivity index (χ0n) is 15.7. The quantitative estimate of drug-likeness (QED) is 0.567. The monoisotopic (exact) mass is 422 g/mol. The van der Waals surface area contributed by atoms with Gasteiger partial charge in [-0.05, 0) is 55.5 Å². The summed E-state index contributed by atoms with van der Waals surface area (Å²) in [5.74, 6) is -1.87. The largest absolute Gasteiger partial charge is 0.573 e. The first-order valence-electron chi connectivity index (χ1n) is 8.94. The van der Waals surface area contributed by atoms with Gasteiger partial charge in [-0.25, -0.2) is 9.69 Å². The molecule has 1 atom stereocenters. The molecule has 2 amide bonds. The van der Waals surface area contributed by atoms with Crippen molar-refractivity contribution in [3.05, 3.63) is 54.1 Å². The number of amides is 2. The van der Waals surface area contributed by atoms with Crippen LogP contribution in [0.2, 0.25) is 0 Å². The summed E-state index contributed by atoms with van der Waals surface area (Å²) >= 11 is 0. The van der Waals surface area contributed by atoms with Gasteiger partial charge in [-0.3, -0.25) is 9.59 Å². The van der Waals surface area contributed by atoms with Crippen molar-refractivity contribution < 1.29 is 37.0 Å². The van der Waals surface area contributed by atoms with Crippen LogP contribution in [0.3, 0.4) is 0 Å². The Balaban J connectivity index is 1.68. The Labute approximate surface area is 169 Å². The van der Waals surface area contributed by atoms with Crippen molar-refractivity contribution in [1.82, 2.24) is 0 Å². The van der Waals surface area contributed by atoms with E-state index in [-0.39, 0.29) is 18.6 Å². The molecule has 2 aromatic carbocycles.